The second-order valence-electron chi connectivity index (χ2n) is 4.21. The Morgan fingerprint density at radius 2 is 2.00 bits per heavy atom. The molecule has 2 aromatic rings. The highest BCUT2D eigenvalue weighted by Crippen LogP contribution is 2.15. The highest BCUT2D eigenvalue weighted by Gasteiger charge is 2.19. The van der Waals surface area contributed by atoms with Gasteiger partial charge in [0.25, 0.3) is 0 Å². The molecule has 0 bridgehead atoms. The Hall–Kier alpha value is -2.10. The van der Waals surface area contributed by atoms with Gasteiger partial charge < -0.3 is 9.15 Å². The number of benzene rings is 1. The number of nitrogens with zero attached hydrogens (tertiary/aromatic N) is 1. The molecule has 0 atom stereocenters. The average Bonchev–Trinajstić information content (AvgIpc) is 2.79. The van der Waals surface area contributed by atoms with E-state index in [-0.39, 0.29) is 0 Å². The van der Waals surface area contributed by atoms with Crippen molar-refractivity contribution >= 4 is 5.97 Å². The summed E-state index contributed by atoms with van der Waals surface area (Å²) in [6.45, 7) is 3.84. The summed E-state index contributed by atoms with van der Waals surface area (Å²) in [7, 11) is 0. The van der Waals surface area contributed by atoms with Crippen LogP contribution in [0.1, 0.15) is 34.6 Å². The van der Waals surface area contributed by atoms with Gasteiger partial charge in [-0.15, -0.1) is 0 Å². The van der Waals surface area contributed by atoms with E-state index in [0.29, 0.717) is 30.4 Å². The normalized spacial score (nSPS) is 10.4. The molecule has 0 aliphatic heterocycles. The Bertz CT molecular complexity index is 546. The molecule has 1 aromatic heterocycles. The zero-order valence-corrected chi connectivity index (χ0v) is 11.2. The summed E-state index contributed by atoms with van der Waals surface area (Å²) in [5.41, 5.74) is 1.50. The number of rotatable bonds is 5. The van der Waals surface area contributed by atoms with E-state index in [4.69, 9.17) is 9.15 Å². The van der Waals surface area contributed by atoms with Gasteiger partial charge in [0, 0.05) is 13.3 Å². The number of ether oxygens (including phenoxy) is 1. The molecule has 4 heteroatoms. The fourth-order valence-corrected chi connectivity index (χ4v) is 1.90. The number of esters is 1. The number of oxazole rings is 1. The predicted molar refractivity (Wildman–Crippen MR) is 71.0 cm³/mol. The molecule has 0 unspecified atom stereocenters. The summed E-state index contributed by atoms with van der Waals surface area (Å²) in [6.07, 6.45) is 1.45. The van der Waals surface area contributed by atoms with Crippen LogP contribution in [0.5, 0.6) is 0 Å². The van der Waals surface area contributed by atoms with Crippen molar-refractivity contribution in [3.05, 3.63) is 53.2 Å². The van der Waals surface area contributed by atoms with Crippen LogP contribution in [0.15, 0.2) is 34.7 Å². The van der Waals surface area contributed by atoms with Crippen molar-refractivity contribution in [1.82, 2.24) is 4.98 Å². The largest absolute Gasteiger partial charge is 0.461 e. The Morgan fingerprint density at radius 3 is 2.68 bits per heavy atom. The molecule has 0 N–H and O–H groups in total. The minimum absolute atomic E-state index is 0.301. The summed E-state index contributed by atoms with van der Waals surface area (Å²) in [5, 5.41) is 0. The van der Waals surface area contributed by atoms with Crippen molar-refractivity contribution in [2.75, 3.05) is 6.61 Å². The van der Waals surface area contributed by atoms with Gasteiger partial charge in [-0.1, -0.05) is 30.3 Å². The first-order chi connectivity index (χ1) is 9.20. The van der Waals surface area contributed by atoms with E-state index in [1.807, 2.05) is 30.3 Å². The Labute approximate surface area is 112 Å². The number of carbonyl (C=O) groups excluding carboxylic acids is 1. The van der Waals surface area contributed by atoms with Crippen molar-refractivity contribution in [2.45, 2.75) is 26.7 Å². The molecule has 0 fully saturated rings. The molecule has 0 saturated heterocycles. The van der Waals surface area contributed by atoms with Gasteiger partial charge in [-0.25, -0.2) is 9.78 Å². The smallest absolute Gasteiger partial charge is 0.360 e. The second-order valence-corrected chi connectivity index (χ2v) is 4.21. The lowest BCUT2D eigenvalue weighted by molar-refractivity contribution is 0.0517. The first kappa shape index (κ1) is 13.3. The summed E-state index contributed by atoms with van der Waals surface area (Å²) in [5.74, 6) is 0.674. The van der Waals surface area contributed by atoms with Crippen molar-refractivity contribution in [1.29, 1.82) is 0 Å². The lowest BCUT2D eigenvalue weighted by Gasteiger charge is -2.01. The molecule has 1 aromatic carbocycles. The molecular weight excluding hydrogens is 242 g/mol. The van der Waals surface area contributed by atoms with Gasteiger partial charge in [0.05, 0.1) is 6.61 Å². The number of aromatic nitrogens is 1. The molecule has 0 spiro atoms. The first-order valence-electron chi connectivity index (χ1n) is 6.38. The Morgan fingerprint density at radius 1 is 1.26 bits per heavy atom. The van der Waals surface area contributed by atoms with Gasteiger partial charge in [0.2, 0.25) is 0 Å². The van der Waals surface area contributed by atoms with Gasteiger partial charge in [-0.05, 0) is 18.9 Å². The van der Waals surface area contributed by atoms with Crippen molar-refractivity contribution < 1.29 is 13.9 Å². The predicted octanol–water partition coefficient (Wildman–Crippen LogP) is 2.94. The lowest BCUT2D eigenvalue weighted by Crippen LogP contribution is -2.08. The SMILES string of the molecule is CCOC(=O)c1nc(C)oc1CCc1ccccc1. The van der Waals surface area contributed by atoms with E-state index < -0.39 is 5.97 Å². The van der Waals surface area contributed by atoms with Gasteiger partial charge in [0.15, 0.2) is 11.6 Å². The van der Waals surface area contributed by atoms with Crippen molar-refractivity contribution in [2.24, 2.45) is 0 Å². The fraction of sp³-hybridized carbons (Fsp3) is 0.333. The lowest BCUT2D eigenvalue weighted by atomic mass is 10.1. The molecule has 0 aliphatic carbocycles. The summed E-state index contributed by atoms with van der Waals surface area (Å²) in [6, 6.07) is 10.1. The third-order valence-electron chi connectivity index (χ3n) is 2.76. The zero-order chi connectivity index (χ0) is 13.7. The molecule has 0 saturated carbocycles. The number of hydrogen-bond donors (Lipinski definition) is 0. The minimum atomic E-state index is -0.414. The quantitative estimate of drug-likeness (QED) is 0.775. The van der Waals surface area contributed by atoms with E-state index in [1.54, 1.807) is 13.8 Å². The van der Waals surface area contributed by atoms with Crippen LogP contribution in [0.2, 0.25) is 0 Å². The van der Waals surface area contributed by atoms with Gasteiger partial charge in [-0.2, -0.15) is 0 Å². The number of hydrogen-bond acceptors (Lipinski definition) is 4. The van der Waals surface area contributed by atoms with Crippen LogP contribution in [0.25, 0.3) is 0 Å². The van der Waals surface area contributed by atoms with E-state index in [9.17, 15) is 4.79 Å². The average molecular weight is 259 g/mol. The highest BCUT2D eigenvalue weighted by molar-refractivity contribution is 5.88. The molecule has 4 nitrogen and oxygen atoms in total. The molecule has 1 heterocycles. The molecule has 2 rings (SSSR count). The molecule has 0 radical (unpaired) electrons. The van der Waals surface area contributed by atoms with Gasteiger partial charge in [0.1, 0.15) is 5.76 Å². The van der Waals surface area contributed by atoms with Crippen LogP contribution < -0.4 is 0 Å². The summed E-state index contributed by atoms with van der Waals surface area (Å²) < 4.78 is 10.5. The van der Waals surface area contributed by atoms with Crippen molar-refractivity contribution in [3.8, 4) is 0 Å². The molecule has 0 aliphatic rings. The van der Waals surface area contributed by atoms with Gasteiger partial charge in [-0.3, -0.25) is 0 Å². The maximum Gasteiger partial charge on any atom is 0.360 e. The maximum absolute atomic E-state index is 11.7. The molecule has 0 amide bonds. The second kappa shape index (κ2) is 6.18. The topological polar surface area (TPSA) is 52.3 Å². The number of carbonyl (C=O) groups is 1. The zero-order valence-electron chi connectivity index (χ0n) is 11.2. The van der Waals surface area contributed by atoms with Crippen LogP contribution >= 0.6 is 0 Å². The van der Waals surface area contributed by atoms with E-state index in [1.165, 1.54) is 5.56 Å². The fourth-order valence-electron chi connectivity index (χ4n) is 1.90. The van der Waals surface area contributed by atoms with Gasteiger partial charge >= 0.3 is 5.97 Å². The maximum atomic E-state index is 11.7. The number of aryl methyl sites for hydroxylation is 3. The van der Waals surface area contributed by atoms with E-state index >= 15 is 0 Å². The van der Waals surface area contributed by atoms with Crippen LogP contribution in [0.3, 0.4) is 0 Å². The highest BCUT2D eigenvalue weighted by atomic mass is 16.5. The molecule has 100 valence electrons. The third kappa shape index (κ3) is 3.44. The first-order valence-corrected chi connectivity index (χ1v) is 6.38. The van der Waals surface area contributed by atoms with Crippen LogP contribution in [0.4, 0.5) is 0 Å². The van der Waals surface area contributed by atoms with Crippen LogP contribution in [-0.4, -0.2) is 17.6 Å². The molecular formula is C15H17NO3. The Balaban J connectivity index is 2.10. The summed E-state index contributed by atoms with van der Waals surface area (Å²) in [4.78, 5) is 15.8. The monoisotopic (exact) mass is 259 g/mol. The van der Waals surface area contributed by atoms with E-state index in [2.05, 4.69) is 4.98 Å². The Kier molecular flexibility index (Phi) is 4.34. The molecule has 19 heavy (non-hydrogen) atoms. The van der Waals surface area contributed by atoms with Crippen LogP contribution in [0, 0.1) is 6.92 Å². The summed E-state index contributed by atoms with van der Waals surface area (Å²) >= 11 is 0. The van der Waals surface area contributed by atoms with Crippen molar-refractivity contribution in [3.63, 3.8) is 0 Å². The minimum Gasteiger partial charge on any atom is -0.461 e. The van der Waals surface area contributed by atoms with E-state index in [0.717, 1.165) is 6.42 Å². The standard InChI is InChI=1S/C15H17NO3/c1-3-18-15(17)14-13(19-11(2)16-14)10-9-12-7-5-4-6-8-12/h4-8H,3,9-10H2,1-2H3. The third-order valence-corrected chi connectivity index (χ3v) is 2.76. The van der Waals surface area contributed by atoms with Crippen LogP contribution in [-0.2, 0) is 17.6 Å².